The fourth-order valence-electron chi connectivity index (χ4n) is 11.0. The van der Waals surface area contributed by atoms with Gasteiger partial charge in [0.1, 0.15) is 18.4 Å². The highest BCUT2D eigenvalue weighted by Gasteiger charge is 2.33. The minimum absolute atomic E-state index is 0.0128. The first-order valence-corrected chi connectivity index (χ1v) is 37.2. The van der Waals surface area contributed by atoms with E-state index in [0.717, 1.165) is 44.9 Å². The maximum Gasteiger partial charge on any atom is 0.472 e. The van der Waals surface area contributed by atoms with Gasteiger partial charge >= 0.3 is 43.6 Å². The van der Waals surface area contributed by atoms with Crippen molar-refractivity contribution in [1.29, 1.82) is 0 Å². The van der Waals surface area contributed by atoms with Crippen molar-refractivity contribution in [2.24, 2.45) is 0 Å². The van der Waals surface area contributed by atoms with Crippen LogP contribution in [0, 0.1) is 0 Å². The molecule has 560 valence electrons. The van der Waals surface area contributed by atoms with E-state index in [1.165, 1.54) is 134 Å². The molecule has 1 aliphatic heterocycles. The van der Waals surface area contributed by atoms with E-state index in [1.807, 2.05) is 0 Å². The monoisotopic (exact) mass is 1430 g/mol. The minimum atomic E-state index is -4.78. The average molecular weight is 1430 g/mol. The van der Waals surface area contributed by atoms with Crippen molar-refractivity contribution < 1.29 is 96.3 Å². The number of carbonyl (C=O) groups excluding carboxylic acids is 5. The van der Waals surface area contributed by atoms with E-state index in [1.54, 1.807) is 19.6 Å². The van der Waals surface area contributed by atoms with E-state index in [-0.39, 0.29) is 100 Å². The molecule has 3 amide bonds. The van der Waals surface area contributed by atoms with Gasteiger partial charge in [-0.25, -0.2) is 4.57 Å². The molecule has 1 aliphatic rings. The number of anilines is 1. The Balaban J connectivity index is 1.87. The summed E-state index contributed by atoms with van der Waals surface area (Å²) in [7, 11) is -3.45. The molecule has 31 heteroatoms. The fraction of sp³-hybridized carbons (Fsp3) is 0.761. The molecule has 1 aromatic rings. The number of nitrogens with one attached hydrogen (secondary N) is 5. The Morgan fingerprint density at radius 1 is 0.520 bits per heavy atom. The number of carbonyl (C=O) groups is 9. The van der Waals surface area contributed by atoms with Gasteiger partial charge in [-0.1, -0.05) is 168 Å². The summed E-state index contributed by atoms with van der Waals surface area (Å²) >= 11 is 5.41. The van der Waals surface area contributed by atoms with Crippen molar-refractivity contribution in [1.82, 2.24) is 40.9 Å². The number of esters is 2. The van der Waals surface area contributed by atoms with Crippen LogP contribution in [0.2, 0.25) is 0 Å². The van der Waals surface area contributed by atoms with E-state index in [2.05, 4.69) is 40.4 Å². The summed E-state index contributed by atoms with van der Waals surface area (Å²) in [6.45, 7) is 0.517. The van der Waals surface area contributed by atoms with Crippen LogP contribution >= 0.6 is 20.0 Å². The van der Waals surface area contributed by atoms with Crippen molar-refractivity contribution in [3.8, 4) is 5.75 Å². The topological polar surface area (TPSA) is 391 Å². The normalized spacial score (nSPS) is 14.9. The second kappa shape index (κ2) is 54.7. The van der Waals surface area contributed by atoms with Crippen LogP contribution in [0.4, 0.5) is 5.69 Å². The summed E-state index contributed by atoms with van der Waals surface area (Å²) in [4.78, 5) is 129. The molecule has 1 heterocycles. The van der Waals surface area contributed by atoms with E-state index < -0.39 is 126 Å². The summed E-state index contributed by atoms with van der Waals surface area (Å²) < 4.78 is 39.6. The molecule has 1 aromatic carbocycles. The van der Waals surface area contributed by atoms with E-state index in [4.69, 9.17) is 35.5 Å². The zero-order chi connectivity index (χ0) is 72.2. The number of amides is 3. The summed E-state index contributed by atoms with van der Waals surface area (Å²) in [6, 6.07) is 3.06. The number of methoxy groups -OCH3 is 1. The minimum Gasteiger partial charge on any atom is -0.496 e. The van der Waals surface area contributed by atoms with Crippen molar-refractivity contribution in [3.05, 3.63) is 23.8 Å². The number of unbranched alkanes of at least 4 members (excludes halogenated alkanes) is 24. The quantitative estimate of drug-likeness (QED) is 0.0131. The van der Waals surface area contributed by atoms with Gasteiger partial charge in [0.25, 0.3) is 0 Å². The Kier molecular flexibility index (Phi) is 49.1. The van der Waals surface area contributed by atoms with Crippen LogP contribution in [0.3, 0.4) is 0 Å². The Morgan fingerprint density at radius 3 is 1.34 bits per heavy atom. The standard InChI is InChI=1S/C67H116N9O20PS/c1-4-6-8-10-12-14-16-18-20-22-24-26-28-30-63(86)93-51-54(96-64(87)31-29-27-25-23-21-19-17-15-13-11-9-7-5-2)52-95-97(90,91)94-43-34-68-57(77)45-69-58(78)46-70-59(79)47-71-67(98)72-53-32-33-56(92-3)55(44-53)65(66(88)89)76-41-39-74(49-61(82)83)37-35-73(48-60(80)81)36-38-75(40-42-76)50-62(84)85/h32-33,44,54,65H,4-31,34-43,45-52H2,1-3H3,(H,68,77)(H,69,78)(H,70,79)(H,80,81)(H,82,83)(H,84,85)(H,88,89)(H,90,91)(H2,71,72,98). The number of rotatable bonds is 55. The van der Waals surface area contributed by atoms with Crippen LogP contribution in [0.25, 0.3) is 0 Å². The molecule has 0 saturated carbocycles. The first-order valence-electron chi connectivity index (χ1n) is 35.3. The molecular weight excluding hydrogens is 1310 g/mol. The largest absolute Gasteiger partial charge is 0.496 e. The van der Waals surface area contributed by atoms with Gasteiger partial charge in [-0.3, -0.25) is 71.8 Å². The van der Waals surface area contributed by atoms with Crippen molar-refractivity contribution in [3.63, 3.8) is 0 Å². The van der Waals surface area contributed by atoms with Crippen molar-refractivity contribution in [2.45, 2.75) is 206 Å². The number of hydrogen-bond donors (Lipinski definition) is 10. The molecule has 2 rings (SSSR count). The highest BCUT2D eigenvalue weighted by atomic mass is 32.1. The molecular formula is C67H116N9O20PS. The number of hydrogen-bond acceptors (Lipinski definition) is 20. The van der Waals surface area contributed by atoms with E-state index in [0.29, 0.717) is 12.8 Å². The van der Waals surface area contributed by atoms with Gasteiger partial charge < -0.3 is 66.1 Å². The first kappa shape index (κ1) is 88.0. The van der Waals surface area contributed by atoms with E-state index >= 15 is 0 Å². The number of carboxylic acid groups (broad SMARTS) is 4. The lowest BCUT2D eigenvalue weighted by Crippen LogP contribution is -2.49. The molecule has 0 aromatic heterocycles. The van der Waals surface area contributed by atoms with Gasteiger partial charge in [-0.15, -0.1) is 0 Å². The van der Waals surface area contributed by atoms with Gasteiger partial charge in [-0.05, 0) is 43.3 Å². The SMILES string of the molecule is CCCCCCCCCCCCCCCC(=O)OCC(COP(=O)(O)OCCNC(=O)CNC(=O)CNC(=O)CNC(=S)Nc1ccc(OC)c(C(C(=O)O)N2CCN(CC(=O)O)CCN(CC(=O)O)CCN(CC(=O)O)CC2)c1)OC(=O)CCCCCCCCCCCCCCC. The first-order chi connectivity index (χ1) is 47.0. The van der Waals surface area contributed by atoms with Crippen LogP contribution in [-0.2, 0) is 66.2 Å². The molecule has 1 fully saturated rings. The average Bonchev–Trinajstić information content (AvgIpc) is 0.808. The molecule has 0 spiro atoms. The zero-order valence-electron chi connectivity index (χ0n) is 58.4. The third kappa shape index (κ3) is 45.5. The molecule has 29 nitrogen and oxygen atoms in total. The zero-order valence-corrected chi connectivity index (χ0v) is 60.1. The van der Waals surface area contributed by atoms with Crippen LogP contribution in [-0.4, -0.2) is 235 Å². The van der Waals surface area contributed by atoms with Gasteiger partial charge in [-0.2, -0.15) is 0 Å². The predicted octanol–water partition coefficient (Wildman–Crippen LogP) is 7.48. The van der Waals surface area contributed by atoms with Crippen LogP contribution in [0.15, 0.2) is 18.2 Å². The molecule has 0 aliphatic carbocycles. The van der Waals surface area contributed by atoms with Gasteiger partial charge in [0.05, 0.1) is 59.6 Å². The van der Waals surface area contributed by atoms with Crippen LogP contribution < -0.4 is 31.3 Å². The summed E-state index contributed by atoms with van der Waals surface area (Å²) in [5.41, 5.74) is 0.418. The number of phosphoric acid groups is 1. The maximum absolute atomic E-state index is 13.2. The second-order valence-electron chi connectivity index (χ2n) is 24.8. The van der Waals surface area contributed by atoms with Crippen LogP contribution in [0.5, 0.6) is 5.75 Å². The lowest BCUT2D eigenvalue weighted by molar-refractivity contribution is -0.161. The lowest BCUT2D eigenvalue weighted by atomic mass is 10.0. The van der Waals surface area contributed by atoms with Gasteiger partial charge in [0, 0.05) is 83.0 Å². The fourth-order valence-corrected chi connectivity index (χ4v) is 12.0. The predicted molar refractivity (Wildman–Crippen MR) is 374 cm³/mol. The molecule has 98 heavy (non-hydrogen) atoms. The van der Waals surface area contributed by atoms with Crippen molar-refractivity contribution >= 4 is 84.4 Å². The number of benzene rings is 1. The number of nitrogens with zero attached hydrogens (tertiary/aromatic N) is 4. The molecule has 3 atom stereocenters. The Hall–Kier alpha value is -6.11. The number of ether oxygens (including phenoxy) is 3. The summed E-state index contributed by atoms with van der Waals surface area (Å²) in [6.07, 6.45) is 28.9. The molecule has 0 bridgehead atoms. The third-order valence-electron chi connectivity index (χ3n) is 16.4. The van der Waals surface area contributed by atoms with E-state index in [9.17, 15) is 73.0 Å². The molecule has 3 unspecified atom stereocenters. The number of aliphatic carboxylic acids is 4. The second-order valence-corrected chi connectivity index (χ2v) is 26.7. The van der Waals surface area contributed by atoms with Gasteiger partial charge in [0.2, 0.25) is 17.7 Å². The Morgan fingerprint density at radius 2 is 0.918 bits per heavy atom. The Bertz CT molecular complexity index is 2530. The molecule has 0 radical (unpaired) electrons. The summed E-state index contributed by atoms with van der Waals surface area (Å²) in [5.74, 6) is -7.74. The maximum atomic E-state index is 13.2. The third-order valence-corrected chi connectivity index (χ3v) is 17.7. The van der Waals surface area contributed by atoms with Crippen molar-refractivity contribution in [2.75, 3.05) is 130 Å². The smallest absolute Gasteiger partial charge is 0.472 e. The Labute approximate surface area is 584 Å². The summed E-state index contributed by atoms with van der Waals surface area (Å²) in [5, 5.41) is 52.2. The highest BCUT2D eigenvalue weighted by molar-refractivity contribution is 7.80. The number of carboxylic acids is 4. The van der Waals surface area contributed by atoms with Crippen LogP contribution in [0.1, 0.15) is 205 Å². The lowest BCUT2D eigenvalue weighted by Gasteiger charge is -2.35. The molecule has 1 saturated heterocycles. The number of thiocarbonyl (C=S) groups is 1. The highest BCUT2D eigenvalue weighted by Crippen LogP contribution is 2.43. The number of phosphoric ester groups is 1. The molecule has 10 N–H and O–H groups in total. The van der Waals surface area contributed by atoms with Gasteiger partial charge in [0.15, 0.2) is 11.2 Å².